The van der Waals surface area contributed by atoms with Gasteiger partial charge in [-0.25, -0.2) is 0 Å². The first-order valence-corrected chi connectivity index (χ1v) is 6.68. The average molecular weight is 271 g/mol. The zero-order valence-corrected chi connectivity index (χ0v) is 11.4. The first-order chi connectivity index (χ1) is 9.75. The lowest BCUT2D eigenvalue weighted by atomic mass is 10.1. The monoisotopic (exact) mass is 271 g/mol. The predicted octanol–water partition coefficient (Wildman–Crippen LogP) is 0.723. The Morgan fingerprint density at radius 1 is 1.45 bits per heavy atom. The number of carbonyl (C=O) groups is 1. The van der Waals surface area contributed by atoms with Gasteiger partial charge in [0.25, 0.3) is 5.91 Å². The molecule has 0 unspecified atom stereocenters. The van der Waals surface area contributed by atoms with Gasteiger partial charge < -0.3 is 10.2 Å². The summed E-state index contributed by atoms with van der Waals surface area (Å²) in [5.74, 6) is -0.0724. The minimum Gasteiger partial charge on any atom is -0.334 e. The molecule has 0 radical (unpaired) electrons. The quantitative estimate of drug-likeness (QED) is 0.863. The van der Waals surface area contributed by atoms with E-state index in [1.165, 1.54) is 0 Å². The van der Waals surface area contributed by atoms with Crippen molar-refractivity contribution >= 4 is 5.91 Å². The summed E-state index contributed by atoms with van der Waals surface area (Å²) in [6, 6.07) is 5.69. The summed E-state index contributed by atoms with van der Waals surface area (Å²) in [7, 11) is 1.77. The van der Waals surface area contributed by atoms with E-state index in [1.54, 1.807) is 18.1 Å². The Labute approximate surface area is 117 Å². The fourth-order valence-corrected chi connectivity index (χ4v) is 2.39. The maximum absolute atomic E-state index is 12.5. The number of fused-ring (bicyclic) bond motifs is 1. The highest BCUT2D eigenvalue weighted by molar-refractivity contribution is 5.93. The van der Waals surface area contributed by atoms with Gasteiger partial charge in [0.05, 0.1) is 12.2 Å². The Bertz CT molecular complexity index is 607. The van der Waals surface area contributed by atoms with E-state index in [4.69, 9.17) is 0 Å². The van der Waals surface area contributed by atoms with Crippen LogP contribution < -0.4 is 5.32 Å². The molecule has 3 heterocycles. The van der Waals surface area contributed by atoms with Crippen LogP contribution in [0.2, 0.25) is 0 Å². The zero-order chi connectivity index (χ0) is 13.9. The van der Waals surface area contributed by atoms with Crippen LogP contribution in [0.3, 0.4) is 0 Å². The lowest BCUT2D eigenvalue weighted by Gasteiger charge is -2.17. The first kappa shape index (κ1) is 12.8. The second kappa shape index (κ2) is 5.42. The number of amides is 1. The normalized spacial score (nSPS) is 13.8. The van der Waals surface area contributed by atoms with Crippen molar-refractivity contribution in [1.82, 2.24) is 25.4 Å². The number of H-pyrrole nitrogens is 1. The topological polar surface area (TPSA) is 73.9 Å². The van der Waals surface area contributed by atoms with E-state index in [0.717, 1.165) is 29.9 Å². The third-order valence-electron chi connectivity index (χ3n) is 3.48. The maximum Gasteiger partial charge on any atom is 0.274 e. The Morgan fingerprint density at radius 2 is 2.35 bits per heavy atom. The smallest absolute Gasteiger partial charge is 0.274 e. The second-order valence-corrected chi connectivity index (χ2v) is 4.94. The Morgan fingerprint density at radius 3 is 3.15 bits per heavy atom. The molecular weight excluding hydrogens is 254 g/mol. The molecule has 0 aromatic carbocycles. The van der Waals surface area contributed by atoms with Gasteiger partial charge in [-0.1, -0.05) is 6.07 Å². The van der Waals surface area contributed by atoms with Gasteiger partial charge in [-0.05, 0) is 12.1 Å². The van der Waals surface area contributed by atoms with Gasteiger partial charge >= 0.3 is 0 Å². The molecule has 1 aliphatic rings. The van der Waals surface area contributed by atoms with Crippen molar-refractivity contribution in [3.8, 4) is 0 Å². The largest absolute Gasteiger partial charge is 0.334 e. The van der Waals surface area contributed by atoms with Crippen LogP contribution in [0.25, 0.3) is 0 Å². The third-order valence-corrected chi connectivity index (χ3v) is 3.48. The minimum absolute atomic E-state index is 0.0724. The first-order valence-electron chi connectivity index (χ1n) is 6.68. The van der Waals surface area contributed by atoms with Crippen LogP contribution in [0.15, 0.2) is 24.4 Å². The standard InChI is InChI=1S/C14H17N5O/c1-19(9-10-4-2-3-6-16-10)14(20)13-11-8-15-7-5-12(11)17-18-13/h2-4,6,15H,5,7-9H2,1H3,(H,17,18). The van der Waals surface area contributed by atoms with Crippen LogP contribution in [0.4, 0.5) is 0 Å². The lowest BCUT2D eigenvalue weighted by molar-refractivity contribution is 0.0776. The van der Waals surface area contributed by atoms with Crippen molar-refractivity contribution < 1.29 is 4.79 Å². The fraction of sp³-hybridized carbons (Fsp3) is 0.357. The molecule has 20 heavy (non-hydrogen) atoms. The van der Waals surface area contributed by atoms with Gasteiger partial charge in [0.1, 0.15) is 0 Å². The molecule has 0 saturated carbocycles. The molecule has 6 nitrogen and oxygen atoms in total. The predicted molar refractivity (Wildman–Crippen MR) is 74.0 cm³/mol. The van der Waals surface area contributed by atoms with Crippen molar-refractivity contribution in [2.75, 3.05) is 13.6 Å². The van der Waals surface area contributed by atoms with Crippen molar-refractivity contribution in [3.05, 3.63) is 47.0 Å². The molecule has 3 rings (SSSR count). The van der Waals surface area contributed by atoms with E-state index in [0.29, 0.717) is 18.8 Å². The van der Waals surface area contributed by atoms with Crippen molar-refractivity contribution in [1.29, 1.82) is 0 Å². The highest BCUT2D eigenvalue weighted by atomic mass is 16.2. The van der Waals surface area contributed by atoms with Gasteiger partial charge in [-0.3, -0.25) is 14.9 Å². The lowest BCUT2D eigenvalue weighted by Crippen LogP contribution is -2.30. The average Bonchev–Trinajstić information content (AvgIpc) is 2.91. The summed E-state index contributed by atoms with van der Waals surface area (Å²) in [4.78, 5) is 18.4. The summed E-state index contributed by atoms with van der Waals surface area (Å²) in [5, 5.41) is 10.4. The molecule has 0 saturated heterocycles. The van der Waals surface area contributed by atoms with Gasteiger partial charge in [-0.2, -0.15) is 5.10 Å². The SMILES string of the molecule is CN(Cc1ccccn1)C(=O)c1n[nH]c2c1CNCC2. The number of aromatic nitrogens is 3. The van der Waals surface area contributed by atoms with Crippen LogP contribution >= 0.6 is 0 Å². The molecule has 1 aliphatic heterocycles. The molecule has 1 amide bonds. The highest BCUT2D eigenvalue weighted by Crippen LogP contribution is 2.17. The zero-order valence-electron chi connectivity index (χ0n) is 11.4. The molecule has 0 aliphatic carbocycles. The Balaban J connectivity index is 1.77. The van der Waals surface area contributed by atoms with E-state index in [9.17, 15) is 4.79 Å². The summed E-state index contributed by atoms with van der Waals surface area (Å²) in [5.41, 5.74) is 3.45. The fourth-order valence-electron chi connectivity index (χ4n) is 2.39. The van der Waals surface area contributed by atoms with Crippen LogP contribution in [0.5, 0.6) is 0 Å². The highest BCUT2D eigenvalue weighted by Gasteiger charge is 2.23. The molecular formula is C14H17N5O. The second-order valence-electron chi connectivity index (χ2n) is 4.94. The van der Waals surface area contributed by atoms with Crippen molar-refractivity contribution in [2.24, 2.45) is 0 Å². The van der Waals surface area contributed by atoms with Gasteiger partial charge in [0.2, 0.25) is 0 Å². The van der Waals surface area contributed by atoms with Crippen LogP contribution in [-0.4, -0.2) is 39.6 Å². The molecule has 2 N–H and O–H groups in total. The van der Waals surface area contributed by atoms with Gasteiger partial charge in [0, 0.05) is 44.0 Å². The number of rotatable bonds is 3. The summed E-state index contributed by atoms with van der Waals surface area (Å²) in [6.07, 6.45) is 2.62. The summed E-state index contributed by atoms with van der Waals surface area (Å²) >= 11 is 0. The van der Waals surface area contributed by atoms with Gasteiger partial charge in [-0.15, -0.1) is 0 Å². The molecule has 104 valence electrons. The number of hydrogen-bond donors (Lipinski definition) is 2. The van der Waals surface area contributed by atoms with Crippen LogP contribution in [-0.2, 0) is 19.5 Å². The number of nitrogens with zero attached hydrogens (tertiary/aromatic N) is 3. The Kier molecular flexibility index (Phi) is 3.47. The van der Waals surface area contributed by atoms with E-state index in [1.807, 2.05) is 18.2 Å². The van der Waals surface area contributed by atoms with E-state index >= 15 is 0 Å². The third kappa shape index (κ3) is 2.42. The number of carbonyl (C=O) groups excluding carboxylic acids is 1. The summed E-state index contributed by atoms with van der Waals surface area (Å²) in [6.45, 7) is 2.10. The van der Waals surface area contributed by atoms with Crippen LogP contribution in [0.1, 0.15) is 27.4 Å². The molecule has 0 fully saturated rings. The molecule has 0 atom stereocenters. The van der Waals surface area contributed by atoms with E-state index in [-0.39, 0.29) is 5.91 Å². The van der Waals surface area contributed by atoms with Crippen molar-refractivity contribution in [2.45, 2.75) is 19.5 Å². The maximum atomic E-state index is 12.5. The molecule has 0 bridgehead atoms. The van der Waals surface area contributed by atoms with E-state index in [2.05, 4.69) is 20.5 Å². The molecule has 2 aromatic rings. The van der Waals surface area contributed by atoms with Crippen molar-refractivity contribution in [3.63, 3.8) is 0 Å². The summed E-state index contributed by atoms with van der Waals surface area (Å²) < 4.78 is 0. The number of nitrogens with one attached hydrogen (secondary N) is 2. The molecule has 0 spiro atoms. The van der Waals surface area contributed by atoms with E-state index < -0.39 is 0 Å². The van der Waals surface area contributed by atoms with Crippen LogP contribution in [0, 0.1) is 0 Å². The molecule has 6 heteroatoms. The van der Waals surface area contributed by atoms with Gasteiger partial charge in [0.15, 0.2) is 5.69 Å². The minimum atomic E-state index is -0.0724. The number of pyridine rings is 1. The number of hydrogen-bond acceptors (Lipinski definition) is 4. The number of aromatic amines is 1. The molecule has 2 aromatic heterocycles. The Hall–Kier alpha value is -2.21.